The molecule has 0 aliphatic rings. The van der Waals surface area contributed by atoms with Crippen LogP contribution < -0.4 is 10.9 Å². The molecule has 0 bridgehead atoms. The van der Waals surface area contributed by atoms with Crippen molar-refractivity contribution in [2.45, 2.75) is 6.42 Å². The third-order valence-electron chi connectivity index (χ3n) is 4.33. The lowest BCUT2D eigenvalue weighted by molar-refractivity contribution is -0.111. The number of hydrogen-bond donors (Lipinski definition) is 1. The first-order chi connectivity index (χ1) is 14.1. The summed E-state index contributed by atoms with van der Waals surface area (Å²) in [6.07, 6.45) is 4.61. The van der Waals surface area contributed by atoms with E-state index in [1.54, 1.807) is 30.5 Å². The molecule has 29 heavy (non-hydrogen) atoms. The summed E-state index contributed by atoms with van der Waals surface area (Å²) >= 11 is 0. The molecule has 0 aliphatic carbocycles. The lowest BCUT2D eigenvalue weighted by atomic mass is 10.1. The van der Waals surface area contributed by atoms with Crippen molar-refractivity contribution in [3.63, 3.8) is 0 Å². The van der Waals surface area contributed by atoms with E-state index < -0.39 is 0 Å². The Kier molecular flexibility index (Phi) is 4.94. The number of carbonyl (C=O) groups is 1. The van der Waals surface area contributed by atoms with Crippen molar-refractivity contribution in [3.05, 3.63) is 101 Å². The van der Waals surface area contributed by atoms with Crippen LogP contribution in [-0.4, -0.2) is 25.4 Å². The highest BCUT2D eigenvalue weighted by atomic mass is 16.1. The molecule has 7 nitrogen and oxygen atoms in total. The molecule has 2 aromatic carbocycles. The van der Waals surface area contributed by atoms with Crippen molar-refractivity contribution in [3.8, 4) is 5.69 Å². The monoisotopic (exact) mass is 383 g/mol. The third-order valence-corrected chi connectivity index (χ3v) is 4.33. The molecule has 0 aliphatic heterocycles. The summed E-state index contributed by atoms with van der Waals surface area (Å²) in [6, 6.07) is 16.8. The number of nitrogens with one attached hydrogen (secondary N) is 1. The predicted molar refractivity (Wildman–Crippen MR) is 111 cm³/mol. The summed E-state index contributed by atoms with van der Waals surface area (Å²) in [5.41, 5.74) is 2.94. The zero-order chi connectivity index (χ0) is 20.2. The highest BCUT2D eigenvalue weighted by molar-refractivity contribution is 5.98. The van der Waals surface area contributed by atoms with Gasteiger partial charge in [0.25, 0.3) is 5.56 Å². The average molecular weight is 383 g/mol. The molecule has 1 N–H and O–H groups in total. The minimum Gasteiger partial charge on any atom is -0.323 e. The second kappa shape index (κ2) is 7.85. The summed E-state index contributed by atoms with van der Waals surface area (Å²) in [5.74, 6) is 0.294. The molecule has 142 valence electrons. The lowest BCUT2D eigenvalue weighted by Crippen LogP contribution is -2.20. The Morgan fingerprint density at radius 3 is 2.52 bits per heavy atom. The van der Waals surface area contributed by atoms with Gasteiger partial charge in [0.05, 0.1) is 18.1 Å². The zero-order valence-corrected chi connectivity index (χ0v) is 15.4. The van der Waals surface area contributed by atoms with Gasteiger partial charge in [-0.25, -0.2) is 15.0 Å². The number of fused-ring (bicyclic) bond motifs is 1. The molecule has 0 saturated heterocycles. The van der Waals surface area contributed by atoms with Crippen LogP contribution in [0.4, 0.5) is 5.69 Å². The Labute approximate surface area is 166 Å². The molecule has 0 unspecified atom stereocenters. The van der Waals surface area contributed by atoms with Crippen LogP contribution >= 0.6 is 0 Å². The van der Waals surface area contributed by atoms with Crippen molar-refractivity contribution in [2.24, 2.45) is 0 Å². The Morgan fingerprint density at radius 1 is 1.03 bits per heavy atom. The Morgan fingerprint density at radius 2 is 1.79 bits per heavy atom. The fraction of sp³-hybridized carbons (Fsp3) is 0.0455. The van der Waals surface area contributed by atoms with Crippen LogP contribution in [0.1, 0.15) is 11.4 Å². The normalized spacial score (nSPS) is 10.6. The summed E-state index contributed by atoms with van der Waals surface area (Å²) < 4.78 is 1.48. The fourth-order valence-electron chi connectivity index (χ4n) is 2.94. The van der Waals surface area contributed by atoms with Gasteiger partial charge in [0.15, 0.2) is 5.65 Å². The molecule has 0 atom stereocenters. The molecule has 4 aromatic rings. The summed E-state index contributed by atoms with van der Waals surface area (Å²) in [6.45, 7) is 3.43. The Bertz CT molecular complexity index is 1250. The number of nitrogens with zero attached hydrogens (tertiary/aromatic N) is 4. The van der Waals surface area contributed by atoms with Gasteiger partial charge in [-0.1, -0.05) is 36.9 Å². The smallest absolute Gasteiger partial charge is 0.275 e. The standard InChI is InChI=1S/C22H17N5O2/c1-2-20(28)25-16-8-10-17(11-9-16)27-21(29)14-23-18-13-24-19(26-22(18)27)12-15-6-4-3-5-7-15/h2-11,13-14H,1,12H2,(H,25,28). The van der Waals surface area contributed by atoms with E-state index in [2.05, 4.69) is 26.8 Å². The van der Waals surface area contributed by atoms with E-state index >= 15 is 0 Å². The number of aromatic nitrogens is 4. The van der Waals surface area contributed by atoms with Crippen LogP contribution in [0.25, 0.3) is 16.9 Å². The van der Waals surface area contributed by atoms with E-state index in [1.165, 1.54) is 16.8 Å². The molecular formula is C22H17N5O2. The largest absolute Gasteiger partial charge is 0.323 e. The van der Waals surface area contributed by atoms with Crippen LogP contribution in [0, 0.1) is 0 Å². The van der Waals surface area contributed by atoms with Gasteiger partial charge in [-0.15, -0.1) is 0 Å². The maximum atomic E-state index is 12.6. The molecule has 0 radical (unpaired) electrons. The van der Waals surface area contributed by atoms with E-state index in [9.17, 15) is 9.59 Å². The Hall–Kier alpha value is -4.13. The van der Waals surface area contributed by atoms with Crippen LogP contribution in [-0.2, 0) is 11.2 Å². The van der Waals surface area contributed by atoms with Gasteiger partial charge >= 0.3 is 0 Å². The Balaban J connectivity index is 1.76. The van der Waals surface area contributed by atoms with E-state index in [-0.39, 0.29) is 11.5 Å². The van der Waals surface area contributed by atoms with Crippen LogP contribution in [0.2, 0.25) is 0 Å². The van der Waals surface area contributed by atoms with Gasteiger partial charge in [-0.3, -0.25) is 14.2 Å². The van der Waals surface area contributed by atoms with Crippen molar-refractivity contribution in [1.82, 2.24) is 19.5 Å². The molecule has 0 spiro atoms. The predicted octanol–water partition coefficient (Wildman–Crippen LogP) is 2.89. The second-order valence-electron chi connectivity index (χ2n) is 6.33. The summed E-state index contributed by atoms with van der Waals surface area (Å²) in [7, 11) is 0. The maximum Gasteiger partial charge on any atom is 0.275 e. The highest BCUT2D eigenvalue weighted by Crippen LogP contribution is 2.16. The van der Waals surface area contributed by atoms with Crippen molar-refractivity contribution < 1.29 is 4.79 Å². The molecule has 1 amide bonds. The van der Waals surface area contributed by atoms with Gasteiger partial charge < -0.3 is 5.32 Å². The number of amides is 1. The number of rotatable bonds is 5. The van der Waals surface area contributed by atoms with E-state index in [0.717, 1.165) is 5.56 Å². The highest BCUT2D eigenvalue weighted by Gasteiger charge is 2.11. The molecule has 7 heteroatoms. The first-order valence-electron chi connectivity index (χ1n) is 8.95. The van der Waals surface area contributed by atoms with Crippen molar-refractivity contribution in [2.75, 3.05) is 5.32 Å². The number of hydrogen-bond acceptors (Lipinski definition) is 5. The topological polar surface area (TPSA) is 89.8 Å². The molecule has 0 fully saturated rings. The SMILES string of the molecule is C=CC(=O)Nc1ccc(-n2c(=O)cnc3cnc(Cc4ccccc4)nc32)cc1. The molecule has 2 heterocycles. The number of anilines is 1. The van der Waals surface area contributed by atoms with Crippen LogP contribution in [0.15, 0.2) is 84.4 Å². The molecule has 2 aromatic heterocycles. The fourth-order valence-corrected chi connectivity index (χ4v) is 2.94. The number of carbonyl (C=O) groups excluding carboxylic acids is 1. The maximum absolute atomic E-state index is 12.6. The van der Waals surface area contributed by atoms with Gasteiger partial charge in [0, 0.05) is 12.1 Å². The summed E-state index contributed by atoms with van der Waals surface area (Å²) in [4.78, 5) is 37.1. The van der Waals surface area contributed by atoms with Crippen molar-refractivity contribution >= 4 is 22.8 Å². The van der Waals surface area contributed by atoms with E-state index in [4.69, 9.17) is 0 Å². The molecular weight excluding hydrogens is 366 g/mol. The van der Waals surface area contributed by atoms with Gasteiger partial charge in [0.2, 0.25) is 5.91 Å². The first kappa shape index (κ1) is 18.2. The summed E-state index contributed by atoms with van der Waals surface area (Å²) in [5, 5.41) is 2.68. The second-order valence-corrected chi connectivity index (χ2v) is 6.33. The van der Waals surface area contributed by atoms with Gasteiger partial charge in [-0.2, -0.15) is 0 Å². The quantitative estimate of drug-likeness (QED) is 0.535. The zero-order valence-electron chi connectivity index (χ0n) is 15.4. The number of benzene rings is 2. The van der Waals surface area contributed by atoms with Crippen LogP contribution in [0.5, 0.6) is 0 Å². The third kappa shape index (κ3) is 3.93. The van der Waals surface area contributed by atoms with Gasteiger partial charge in [0.1, 0.15) is 11.3 Å². The van der Waals surface area contributed by atoms with Gasteiger partial charge in [-0.05, 0) is 35.9 Å². The molecule has 0 saturated carbocycles. The lowest BCUT2D eigenvalue weighted by Gasteiger charge is -2.11. The first-order valence-corrected chi connectivity index (χ1v) is 8.95. The van der Waals surface area contributed by atoms with Crippen molar-refractivity contribution in [1.29, 1.82) is 0 Å². The van der Waals surface area contributed by atoms with Crippen LogP contribution in [0.3, 0.4) is 0 Å². The minimum atomic E-state index is -0.303. The van der Waals surface area contributed by atoms with E-state index in [1.807, 2.05) is 30.3 Å². The average Bonchev–Trinajstić information content (AvgIpc) is 2.75. The molecule has 4 rings (SSSR count). The van der Waals surface area contributed by atoms with E-state index in [0.29, 0.717) is 34.8 Å². The minimum absolute atomic E-state index is 0.301.